The van der Waals surface area contributed by atoms with E-state index in [1.807, 2.05) is 6.92 Å². The van der Waals surface area contributed by atoms with Gasteiger partial charge in [0.25, 0.3) is 0 Å². The van der Waals surface area contributed by atoms with Crippen LogP contribution in [0.15, 0.2) is 42.6 Å². The van der Waals surface area contributed by atoms with Gasteiger partial charge in [0.1, 0.15) is 11.4 Å². The number of carbonyl (C=O) groups is 1. The molecule has 1 aromatic carbocycles. The minimum absolute atomic E-state index is 0.0127. The Balaban J connectivity index is 2.46. The van der Waals surface area contributed by atoms with Gasteiger partial charge in [0, 0.05) is 6.20 Å². The average molecular weight is 213 g/mol. The summed E-state index contributed by atoms with van der Waals surface area (Å²) in [5.41, 5.74) is 1.55. The molecule has 0 radical (unpaired) electrons. The van der Waals surface area contributed by atoms with Gasteiger partial charge in [-0.25, -0.2) is 0 Å². The summed E-state index contributed by atoms with van der Waals surface area (Å²) in [5, 5.41) is 9.62. The first-order valence-electron chi connectivity index (χ1n) is 4.94. The Kier molecular flexibility index (Phi) is 2.68. The summed E-state index contributed by atoms with van der Waals surface area (Å²) in [7, 11) is 0. The molecule has 0 saturated carbocycles. The fourth-order valence-electron chi connectivity index (χ4n) is 1.47. The Morgan fingerprint density at radius 3 is 2.75 bits per heavy atom. The summed E-state index contributed by atoms with van der Waals surface area (Å²) < 4.78 is 0. The molecule has 0 fully saturated rings. The topological polar surface area (TPSA) is 50.2 Å². The maximum atomic E-state index is 12.0. The lowest BCUT2D eigenvalue weighted by atomic mass is 10.0. The third-order valence-corrected chi connectivity index (χ3v) is 2.29. The van der Waals surface area contributed by atoms with E-state index < -0.39 is 0 Å². The summed E-state index contributed by atoms with van der Waals surface area (Å²) in [4.78, 5) is 16.0. The van der Waals surface area contributed by atoms with Crippen molar-refractivity contribution in [3.05, 3.63) is 59.4 Å². The van der Waals surface area contributed by atoms with E-state index in [1.165, 1.54) is 6.07 Å². The van der Waals surface area contributed by atoms with Crippen molar-refractivity contribution in [1.82, 2.24) is 4.98 Å². The van der Waals surface area contributed by atoms with Crippen LogP contribution >= 0.6 is 0 Å². The average Bonchev–Trinajstić information content (AvgIpc) is 2.32. The lowest BCUT2D eigenvalue weighted by Crippen LogP contribution is -2.04. The predicted octanol–water partition coefficient (Wildman–Crippen LogP) is 2.33. The van der Waals surface area contributed by atoms with Crippen LogP contribution in [0.5, 0.6) is 5.75 Å². The summed E-state index contributed by atoms with van der Waals surface area (Å²) in [6.07, 6.45) is 1.56. The molecule has 3 nitrogen and oxygen atoms in total. The fourth-order valence-corrected chi connectivity index (χ4v) is 1.47. The van der Waals surface area contributed by atoms with Gasteiger partial charge in [-0.3, -0.25) is 9.78 Å². The minimum Gasteiger partial charge on any atom is -0.507 e. The number of hydrogen-bond acceptors (Lipinski definition) is 3. The summed E-state index contributed by atoms with van der Waals surface area (Å²) >= 11 is 0. The molecule has 0 amide bonds. The zero-order chi connectivity index (χ0) is 11.5. The van der Waals surface area contributed by atoms with Crippen LogP contribution in [-0.2, 0) is 0 Å². The van der Waals surface area contributed by atoms with Gasteiger partial charge >= 0.3 is 0 Å². The number of rotatable bonds is 2. The number of pyridine rings is 1. The lowest BCUT2D eigenvalue weighted by Gasteiger charge is -2.04. The standard InChI is InChI=1S/C13H11NO2/c1-9-5-6-12(15)10(8-9)13(16)11-4-2-3-7-14-11/h2-8,15H,1H3. The molecule has 0 aliphatic carbocycles. The third-order valence-electron chi connectivity index (χ3n) is 2.29. The van der Waals surface area contributed by atoms with Crippen molar-refractivity contribution in [1.29, 1.82) is 0 Å². The molecular weight excluding hydrogens is 202 g/mol. The molecular formula is C13H11NO2. The number of aryl methyl sites for hydroxylation is 1. The predicted molar refractivity (Wildman–Crippen MR) is 60.5 cm³/mol. The van der Waals surface area contributed by atoms with E-state index in [1.54, 1.807) is 36.5 Å². The first kappa shape index (κ1) is 10.4. The quantitative estimate of drug-likeness (QED) is 0.779. The number of aromatic nitrogens is 1. The normalized spacial score (nSPS) is 10.1. The molecule has 0 unspecified atom stereocenters. The van der Waals surface area contributed by atoms with Gasteiger partial charge in [-0.1, -0.05) is 17.7 Å². The van der Waals surface area contributed by atoms with Crippen LogP contribution in [0.1, 0.15) is 21.6 Å². The van der Waals surface area contributed by atoms with Gasteiger partial charge in [-0.05, 0) is 31.2 Å². The maximum absolute atomic E-state index is 12.0. The molecule has 0 saturated heterocycles. The highest BCUT2D eigenvalue weighted by Gasteiger charge is 2.14. The molecule has 1 heterocycles. The number of aromatic hydroxyl groups is 1. The monoisotopic (exact) mass is 213 g/mol. The molecule has 1 aromatic heterocycles. The molecule has 0 spiro atoms. The van der Waals surface area contributed by atoms with Crippen LogP contribution in [-0.4, -0.2) is 15.9 Å². The Bertz CT molecular complexity index is 521. The van der Waals surface area contributed by atoms with Crippen LogP contribution in [0, 0.1) is 6.92 Å². The second-order valence-electron chi connectivity index (χ2n) is 3.56. The number of carbonyl (C=O) groups excluding carboxylic acids is 1. The van der Waals surface area contributed by atoms with Gasteiger partial charge in [-0.15, -0.1) is 0 Å². The van der Waals surface area contributed by atoms with Crippen molar-refractivity contribution >= 4 is 5.78 Å². The van der Waals surface area contributed by atoms with E-state index in [2.05, 4.69) is 4.98 Å². The van der Waals surface area contributed by atoms with E-state index in [-0.39, 0.29) is 11.5 Å². The molecule has 16 heavy (non-hydrogen) atoms. The third kappa shape index (κ3) is 1.93. The number of phenolic OH excluding ortho intramolecular Hbond substituents is 1. The van der Waals surface area contributed by atoms with E-state index in [0.29, 0.717) is 11.3 Å². The van der Waals surface area contributed by atoms with Crippen LogP contribution in [0.25, 0.3) is 0 Å². The van der Waals surface area contributed by atoms with Crippen LogP contribution < -0.4 is 0 Å². The Hall–Kier alpha value is -2.16. The molecule has 0 aliphatic heterocycles. The van der Waals surface area contributed by atoms with Crippen molar-refractivity contribution in [2.24, 2.45) is 0 Å². The highest BCUT2D eigenvalue weighted by molar-refractivity contribution is 6.09. The summed E-state index contributed by atoms with van der Waals surface area (Å²) in [6.45, 7) is 1.87. The minimum atomic E-state index is -0.262. The summed E-state index contributed by atoms with van der Waals surface area (Å²) in [5.74, 6) is -0.275. The largest absolute Gasteiger partial charge is 0.507 e. The van der Waals surface area contributed by atoms with Crippen LogP contribution in [0.4, 0.5) is 0 Å². The van der Waals surface area contributed by atoms with Crippen LogP contribution in [0.2, 0.25) is 0 Å². The number of benzene rings is 1. The number of hydrogen-bond donors (Lipinski definition) is 1. The van der Waals surface area contributed by atoms with Crippen LogP contribution in [0.3, 0.4) is 0 Å². The molecule has 80 valence electrons. The smallest absolute Gasteiger partial charge is 0.215 e. The zero-order valence-corrected chi connectivity index (χ0v) is 8.84. The van der Waals surface area contributed by atoms with E-state index in [4.69, 9.17) is 0 Å². The molecule has 0 aliphatic rings. The van der Waals surface area contributed by atoms with Gasteiger partial charge in [0.05, 0.1) is 5.56 Å². The SMILES string of the molecule is Cc1ccc(O)c(C(=O)c2ccccn2)c1. The lowest BCUT2D eigenvalue weighted by molar-refractivity contribution is 0.103. The molecule has 0 bridgehead atoms. The molecule has 1 N–H and O–H groups in total. The molecule has 2 rings (SSSR count). The Morgan fingerprint density at radius 1 is 1.25 bits per heavy atom. The van der Waals surface area contributed by atoms with E-state index in [9.17, 15) is 9.90 Å². The highest BCUT2D eigenvalue weighted by Crippen LogP contribution is 2.20. The molecule has 3 heteroatoms. The fraction of sp³-hybridized carbons (Fsp3) is 0.0769. The first-order valence-corrected chi connectivity index (χ1v) is 4.94. The Morgan fingerprint density at radius 2 is 2.06 bits per heavy atom. The molecule has 0 atom stereocenters. The van der Waals surface area contributed by atoms with Crippen molar-refractivity contribution < 1.29 is 9.90 Å². The highest BCUT2D eigenvalue weighted by atomic mass is 16.3. The van der Waals surface area contributed by atoms with Gasteiger partial charge in [0.15, 0.2) is 0 Å². The number of nitrogens with zero attached hydrogens (tertiary/aromatic N) is 1. The van der Waals surface area contributed by atoms with Crippen molar-refractivity contribution in [2.45, 2.75) is 6.92 Å². The van der Waals surface area contributed by atoms with Crippen molar-refractivity contribution in [2.75, 3.05) is 0 Å². The first-order chi connectivity index (χ1) is 7.68. The van der Waals surface area contributed by atoms with E-state index >= 15 is 0 Å². The van der Waals surface area contributed by atoms with Gasteiger partial charge in [-0.2, -0.15) is 0 Å². The maximum Gasteiger partial charge on any atom is 0.215 e. The van der Waals surface area contributed by atoms with E-state index in [0.717, 1.165) is 5.56 Å². The van der Waals surface area contributed by atoms with Gasteiger partial charge < -0.3 is 5.11 Å². The van der Waals surface area contributed by atoms with Crippen molar-refractivity contribution in [3.63, 3.8) is 0 Å². The molecule has 2 aromatic rings. The van der Waals surface area contributed by atoms with Gasteiger partial charge in [0.2, 0.25) is 5.78 Å². The zero-order valence-electron chi connectivity index (χ0n) is 8.84. The van der Waals surface area contributed by atoms with Crippen molar-refractivity contribution in [3.8, 4) is 5.75 Å². The second kappa shape index (κ2) is 4.14. The summed E-state index contributed by atoms with van der Waals surface area (Å²) in [6, 6.07) is 10.0. The number of ketones is 1. The Labute approximate surface area is 93.4 Å². The second-order valence-corrected chi connectivity index (χ2v) is 3.56. The number of phenols is 1.